The molecule has 0 saturated carbocycles. The van der Waals surface area contributed by atoms with Crippen LogP contribution in [-0.4, -0.2) is 77.1 Å². The van der Waals surface area contributed by atoms with E-state index in [9.17, 15) is 14.7 Å². The van der Waals surface area contributed by atoms with Crippen LogP contribution in [0.1, 0.15) is 29.8 Å². The van der Waals surface area contributed by atoms with E-state index >= 15 is 0 Å². The summed E-state index contributed by atoms with van der Waals surface area (Å²) in [4.78, 5) is 33.2. The molecule has 8 heteroatoms. The second-order valence-electron chi connectivity index (χ2n) is 9.40. The number of amides is 1. The van der Waals surface area contributed by atoms with Crippen molar-refractivity contribution in [1.29, 1.82) is 0 Å². The lowest BCUT2D eigenvalue weighted by molar-refractivity contribution is -0.134. The quantitative estimate of drug-likeness (QED) is 0.605. The van der Waals surface area contributed by atoms with Gasteiger partial charge in [0.1, 0.15) is 6.17 Å². The van der Waals surface area contributed by atoms with E-state index < -0.39 is 5.97 Å². The van der Waals surface area contributed by atoms with E-state index in [2.05, 4.69) is 40.7 Å². The Bertz CT molecular complexity index is 1110. The van der Waals surface area contributed by atoms with E-state index in [1.54, 1.807) is 18.0 Å². The molecule has 2 aromatic rings. The summed E-state index contributed by atoms with van der Waals surface area (Å²) >= 11 is 0. The molecule has 0 aromatic heterocycles. The molecule has 4 rings (SSSR count). The fourth-order valence-electron chi connectivity index (χ4n) is 4.78. The molecule has 7 nitrogen and oxygen atoms in total. The van der Waals surface area contributed by atoms with Crippen molar-refractivity contribution in [1.82, 2.24) is 14.7 Å². The second kappa shape index (κ2) is 12.2. The summed E-state index contributed by atoms with van der Waals surface area (Å²) in [5, 5.41) is 9.77. The molecule has 192 valence electrons. The Hall–Kier alpha value is -3.13. The van der Waals surface area contributed by atoms with E-state index in [0.29, 0.717) is 11.1 Å². The Morgan fingerprint density at radius 3 is 2.36 bits per heavy atom. The largest absolute Gasteiger partial charge is 0.478 e. The average Bonchev–Trinajstić information content (AvgIpc) is 2.88. The van der Waals surface area contributed by atoms with Gasteiger partial charge in [-0.25, -0.2) is 4.79 Å². The Balaban J connectivity index is 0.00000361. The Kier molecular flexibility index (Phi) is 9.31. The third-order valence-corrected chi connectivity index (χ3v) is 6.72. The minimum Gasteiger partial charge on any atom is -0.478 e. The number of allylic oxidation sites excluding steroid dienone is 2. The van der Waals surface area contributed by atoms with Crippen molar-refractivity contribution >= 4 is 30.0 Å². The molecule has 2 aliphatic rings. The summed E-state index contributed by atoms with van der Waals surface area (Å²) in [5.41, 5.74) is 3.11. The number of halogens is 1. The fourth-order valence-corrected chi connectivity index (χ4v) is 4.78. The van der Waals surface area contributed by atoms with E-state index in [1.807, 2.05) is 54.7 Å². The van der Waals surface area contributed by atoms with Gasteiger partial charge in [-0.1, -0.05) is 30.3 Å². The molecule has 2 aliphatic heterocycles. The van der Waals surface area contributed by atoms with Crippen LogP contribution in [-0.2, 0) is 11.3 Å². The lowest BCUT2D eigenvalue weighted by Crippen LogP contribution is -2.57. The van der Waals surface area contributed by atoms with Gasteiger partial charge >= 0.3 is 5.97 Å². The minimum atomic E-state index is -0.863. The average molecular weight is 511 g/mol. The molecule has 1 amide bonds. The van der Waals surface area contributed by atoms with Crippen molar-refractivity contribution < 1.29 is 14.7 Å². The lowest BCUT2D eigenvalue weighted by Gasteiger charge is -2.46. The van der Waals surface area contributed by atoms with Gasteiger partial charge in [0.25, 0.3) is 5.91 Å². The number of anilines is 1. The van der Waals surface area contributed by atoms with Crippen LogP contribution in [0, 0.1) is 0 Å². The number of rotatable bonds is 7. The molecule has 1 N–H and O–H groups in total. The van der Waals surface area contributed by atoms with Crippen molar-refractivity contribution in [3.05, 3.63) is 89.6 Å². The molecule has 1 fully saturated rings. The number of piperazine rings is 1. The number of carbonyl (C=O) groups excluding carboxylic acids is 1. The Labute approximate surface area is 219 Å². The highest BCUT2D eigenvalue weighted by Gasteiger charge is 2.35. The van der Waals surface area contributed by atoms with E-state index in [0.717, 1.165) is 44.0 Å². The predicted molar refractivity (Wildman–Crippen MR) is 145 cm³/mol. The Morgan fingerprint density at radius 1 is 1.03 bits per heavy atom. The monoisotopic (exact) mass is 510 g/mol. The van der Waals surface area contributed by atoms with Gasteiger partial charge in [0, 0.05) is 63.3 Å². The van der Waals surface area contributed by atoms with Gasteiger partial charge in [-0.2, -0.15) is 0 Å². The molecule has 0 spiro atoms. The number of carbonyl (C=O) groups is 2. The topological polar surface area (TPSA) is 67.3 Å². The van der Waals surface area contributed by atoms with Crippen molar-refractivity contribution in [2.45, 2.75) is 32.6 Å². The highest BCUT2D eigenvalue weighted by molar-refractivity contribution is 6.05. The maximum absolute atomic E-state index is 12.8. The molecule has 1 atom stereocenters. The smallest absolute Gasteiger partial charge is 0.335 e. The number of benzene rings is 2. The van der Waals surface area contributed by atoms with Crippen molar-refractivity contribution in [3.8, 4) is 0 Å². The zero-order valence-electron chi connectivity index (χ0n) is 21.1. The second-order valence-corrected chi connectivity index (χ2v) is 9.40. The zero-order chi connectivity index (χ0) is 24.9. The number of nitrogens with zero attached hydrogens (tertiary/aromatic N) is 4. The lowest BCUT2D eigenvalue weighted by atomic mass is 10.0. The standard InChI is InChI=1S/C28H34N4O3.ClH/c1-21(2)32-14-8-13-25(28(34)35)26(32)31-17-15-30(16-18-31)20-22-9-7-12-24(19-22)29(3)27(33)23-10-5-4-6-11-23;/h4-14,19,21,26H,15-18,20H2,1-3H3,(H,34,35);1H. The number of aliphatic carboxylic acids is 1. The third-order valence-electron chi connectivity index (χ3n) is 6.72. The molecule has 0 aliphatic carbocycles. The summed E-state index contributed by atoms with van der Waals surface area (Å²) in [7, 11) is 1.81. The normalized spacial score (nSPS) is 18.5. The first kappa shape index (κ1) is 27.5. The number of carboxylic acid groups (broad SMARTS) is 1. The summed E-state index contributed by atoms with van der Waals surface area (Å²) < 4.78 is 0. The highest BCUT2D eigenvalue weighted by atomic mass is 35.5. The first-order chi connectivity index (χ1) is 16.8. The zero-order valence-corrected chi connectivity index (χ0v) is 21.9. The van der Waals surface area contributed by atoms with Crippen LogP contribution in [0.25, 0.3) is 0 Å². The van der Waals surface area contributed by atoms with Gasteiger partial charge in [-0.05, 0) is 55.8 Å². The van der Waals surface area contributed by atoms with Crippen LogP contribution < -0.4 is 4.90 Å². The predicted octanol–water partition coefficient (Wildman–Crippen LogP) is 4.08. The third kappa shape index (κ3) is 6.16. The first-order valence-electron chi connectivity index (χ1n) is 12.1. The van der Waals surface area contributed by atoms with Gasteiger partial charge < -0.3 is 14.9 Å². The van der Waals surface area contributed by atoms with Crippen molar-refractivity contribution in [2.24, 2.45) is 0 Å². The SMILES string of the molecule is CC(C)N1C=CC=C(C(=O)O)C1N1CCN(Cc2cccc(N(C)C(=O)c3ccccc3)c2)CC1.Cl. The highest BCUT2D eigenvalue weighted by Crippen LogP contribution is 2.25. The summed E-state index contributed by atoms with van der Waals surface area (Å²) in [6.07, 6.45) is 5.28. The van der Waals surface area contributed by atoms with Gasteiger partial charge in [0.2, 0.25) is 0 Å². The van der Waals surface area contributed by atoms with Gasteiger partial charge in [-0.15, -0.1) is 12.4 Å². The van der Waals surface area contributed by atoms with Crippen LogP contribution in [0.5, 0.6) is 0 Å². The molecule has 0 bridgehead atoms. The van der Waals surface area contributed by atoms with Crippen LogP contribution >= 0.6 is 12.4 Å². The number of carboxylic acids is 1. The van der Waals surface area contributed by atoms with E-state index in [4.69, 9.17) is 0 Å². The van der Waals surface area contributed by atoms with Gasteiger partial charge in [-0.3, -0.25) is 14.6 Å². The minimum absolute atomic E-state index is 0. The first-order valence-corrected chi connectivity index (χ1v) is 12.1. The van der Waals surface area contributed by atoms with Gasteiger partial charge in [0.15, 0.2) is 0 Å². The van der Waals surface area contributed by atoms with Crippen LogP contribution in [0.4, 0.5) is 5.69 Å². The van der Waals surface area contributed by atoms with E-state index in [1.165, 1.54) is 0 Å². The number of hydrogen-bond acceptors (Lipinski definition) is 5. The fraction of sp³-hybridized carbons (Fsp3) is 0.357. The van der Waals surface area contributed by atoms with Crippen molar-refractivity contribution in [2.75, 3.05) is 38.1 Å². The van der Waals surface area contributed by atoms with Crippen LogP contribution in [0.3, 0.4) is 0 Å². The molecule has 1 saturated heterocycles. The maximum atomic E-state index is 12.8. The summed E-state index contributed by atoms with van der Waals surface area (Å²) in [6.45, 7) is 8.24. The molecule has 1 unspecified atom stereocenters. The Morgan fingerprint density at radius 2 is 1.72 bits per heavy atom. The van der Waals surface area contributed by atoms with Crippen LogP contribution in [0.2, 0.25) is 0 Å². The van der Waals surface area contributed by atoms with Crippen LogP contribution in [0.15, 0.2) is 78.5 Å². The molecular formula is C28H35ClN4O3. The number of hydrogen-bond donors (Lipinski definition) is 1. The maximum Gasteiger partial charge on any atom is 0.335 e. The molecule has 36 heavy (non-hydrogen) atoms. The molecule has 2 aromatic carbocycles. The van der Waals surface area contributed by atoms with Crippen molar-refractivity contribution in [3.63, 3.8) is 0 Å². The van der Waals surface area contributed by atoms with E-state index in [-0.39, 0.29) is 30.5 Å². The summed E-state index contributed by atoms with van der Waals surface area (Å²) in [5.74, 6) is -0.895. The summed E-state index contributed by atoms with van der Waals surface area (Å²) in [6, 6.07) is 17.6. The molecular weight excluding hydrogens is 476 g/mol. The molecule has 2 heterocycles. The van der Waals surface area contributed by atoms with Gasteiger partial charge in [0.05, 0.1) is 5.57 Å². The molecule has 0 radical (unpaired) electrons.